The summed E-state index contributed by atoms with van der Waals surface area (Å²) >= 11 is 0. The molecule has 0 aliphatic rings. The first-order chi connectivity index (χ1) is 11.1. The van der Waals surface area contributed by atoms with Crippen LogP contribution in [0.25, 0.3) is 0 Å². The van der Waals surface area contributed by atoms with Crippen LogP contribution in [0, 0.1) is 0 Å². The lowest BCUT2D eigenvalue weighted by Gasteiger charge is -2.09. The van der Waals surface area contributed by atoms with E-state index in [2.05, 4.69) is 10.3 Å². The molecule has 0 atom stereocenters. The Labute approximate surface area is 154 Å². The Kier molecular flexibility index (Phi) is 11.5. The number of nitrogens with two attached hydrogens (primary N) is 2. The van der Waals surface area contributed by atoms with Gasteiger partial charge in [0.1, 0.15) is 11.5 Å². The highest BCUT2D eigenvalue weighted by Gasteiger charge is 2.02. The van der Waals surface area contributed by atoms with E-state index in [4.69, 9.17) is 31.4 Å². The summed E-state index contributed by atoms with van der Waals surface area (Å²) in [5.41, 5.74) is 12.1. The van der Waals surface area contributed by atoms with Gasteiger partial charge in [-0.05, 0) is 48.5 Å². The molecule has 2 rings (SSSR count). The Balaban J connectivity index is 0. The predicted octanol–water partition coefficient (Wildman–Crippen LogP) is 3.20. The van der Waals surface area contributed by atoms with Crippen molar-refractivity contribution in [2.45, 2.75) is 22.3 Å². The van der Waals surface area contributed by atoms with Crippen molar-refractivity contribution in [3.8, 4) is 11.5 Å². The SMILES string of the molecule is C.C.C.N/C(=N\O)c1ccc(OCOc2ccc(/C(N)=N/O)cc2)cc1. The monoisotopic (exact) mass is 364 g/mol. The molecule has 0 amide bonds. The summed E-state index contributed by atoms with van der Waals surface area (Å²) < 4.78 is 10.8. The topological polar surface area (TPSA) is 136 Å². The van der Waals surface area contributed by atoms with Crippen LogP contribution in [-0.4, -0.2) is 28.9 Å². The smallest absolute Gasteiger partial charge is 0.230 e. The molecule has 8 heteroatoms. The van der Waals surface area contributed by atoms with Crippen molar-refractivity contribution in [1.29, 1.82) is 0 Å². The molecule has 0 saturated heterocycles. The van der Waals surface area contributed by atoms with Crippen LogP contribution in [0.2, 0.25) is 0 Å². The van der Waals surface area contributed by atoms with Crippen LogP contribution in [-0.2, 0) is 0 Å². The van der Waals surface area contributed by atoms with Crippen LogP contribution in [0.5, 0.6) is 11.5 Å². The fourth-order valence-corrected chi connectivity index (χ4v) is 1.72. The minimum absolute atomic E-state index is 0. The number of rotatable bonds is 6. The molecule has 144 valence electrons. The van der Waals surface area contributed by atoms with Crippen LogP contribution in [0.3, 0.4) is 0 Å². The Morgan fingerprint density at radius 2 is 1.00 bits per heavy atom. The maximum atomic E-state index is 8.58. The number of hydrogen-bond acceptors (Lipinski definition) is 6. The third kappa shape index (κ3) is 6.60. The first kappa shape index (κ1) is 24.8. The second-order valence-electron chi connectivity index (χ2n) is 4.43. The summed E-state index contributed by atoms with van der Waals surface area (Å²) in [6, 6.07) is 13.4. The van der Waals surface area contributed by atoms with E-state index in [9.17, 15) is 0 Å². The summed E-state index contributed by atoms with van der Waals surface area (Å²) in [7, 11) is 0. The molecule has 0 unspecified atom stereocenters. The molecule has 0 aromatic heterocycles. The van der Waals surface area contributed by atoms with Gasteiger partial charge >= 0.3 is 0 Å². The van der Waals surface area contributed by atoms with Gasteiger partial charge in [0.2, 0.25) is 6.79 Å². The van der Waals surface area contributed by atoms with Gasteiger partial charge < -0.3 is 31.4 Å². The molecule has 0 bridgehead atoms. The average molecular weight is 364 g/mol. The van der Waals surface area contributed by atoms with Gasteiger partial charge in [-0.25, -0.2) is 0 Å². The number of hydrogen-bond donors (Lipinski definition) is 4. The molecule has 6 N–H and O–H groups in total. The third-order valence-electron chi connectivity index (χ3n) is 2.97. The quantitative estimate of drug-likeness (QED) is 0.204. The van der Waals surface area contributed by atoms with Crippen molar-refractivity contribution >= 4 is 11.7 Å². The van der Waals surface area contributed by atoms with Crippen molar-refractivity contribution in [2.24, 2.45) is 21.8 Å². The molecule has 0 spiro atoms. The molecule has 0 saturated carbocycles. The summed E-state index contributed by atoms with van der Waals surface area (Å²) in [5, 5.41) is 23.0. The maximum absolute atomic E-state index is 8.58. The lowest BCUT2D eigenvalue weighted by atomic mass is 10.2. The number of nitrogens with zero attached hydrogens (tertiary/aromatic N) is 2. The standard InChI is InChI=1S/C15H16N4O4.3CH4/c16-14(18-20)10-1-5-12(6-2-10)22-9-23-13-7-3-11(4-8-13)15(17)19-21;;;/h1-8,20-21H,9H2,(H2,16,18)(H2,17,19);3*1H4. The lowest BCUT2D eigenvalue weighted by molar-refractivity contribution is 0.120. The van der Waals surface area contributed by atoms with Gasteiger partial charge in [0.05, 0.1) is 0 Å². The predicted molar refractivity (Wildman–Crippen MR) is 104 cm³/mol. The first-order valence-corrected chi connectivity index (χ1v) is 6.55. The first-order valence-electron chi connectivity index (χ1n) is 6.55. The molecule has 26 heavy (non-hydrogen) atoms. The second kappa shape index (κ2) is 12.0. The molecule has 2 aromatic carbocycles. The molecule has 0 aliphatic carbocycles. The molecule has 8 nitrogen and oxygen atoms in total. The highest BCUT2D eigenvalue weighted by Crippen LogP contribution is 2.15. The zero-order chi connectivity index (χ0) is 16.7. The minimum atomic E-state index is 0. The lowest BCUT2D eigenvalue weighted by Crippen LogP contribution is -2.13. The highest BCUT2D eigenvalue weighted by atomic mass is 16.7. The van der Waals surface area contributed by atoms with E-state index in [1.165, 1.54) is 0 Å². The van der Waals surface area contributed by atoms with Crippen LogP contribution in [0.15, 0.2) is 58.8 Å². The molecule has 2 aromatic rings. The number of oxime groups is 2. The van der Waals surface area contributed by atoms with Crippen LogP contribution < -0.4 is 20.9 Å². The van der Waals surface area contributed by atoms with E-state index in [0.717, 1.165) is 0 Å². The molecule has 0 heterocycles. The van der Waals surface area contributed by atoms with Gasteiger partial charge in [-0.3, -0.25) is 0 Å². The van der Waals surface area contributed by atoms with Crippen molar-refractivity contribution < 1.29 is 19.9 Å². The average Bonchev–Trinajstić information content (AvgIpc) is 2.61. The summed E-state index contributed by atoms with van der Waals surface area (Å²) in [4.78, 5) is 0. The zero-order valence-electron chi connectivity index (χ0n) is 12.1. The molecular formula is C18H28N4O4. The Hall–Kier alpha value is -3.42. The fraction of sp³-hybridized carbons (Fsp3) is 0.222. The largest absolute Gasteiger partial charge is 0.458 e. The van der Waals surface area contributed by atoms with E-state index in [1.807, 2.05) is 0 Å². The van der Waals surface area contributed by atoms with E-state index in [-0.39, 0.29) is 40.7 Å². The van der Waals surface area contributed by atoms with Gasteiger partial charge in [-0.15, -0.1) is 0 Å². The molecule has 0 aliphatic heterocycles. The van der Waals surface area contributed by atoms with Gasteiger partial charge in [0, 0.05) is 11.1 Å². The number of ether oxygens (including phenoxy) is 2. The maximum Gasteiger partial charge on any atom is 0.230 e. The Bertz CT molecular complexity index is 637. The third-order valence-corrected chi connectivity index (χ3v) is 2.97. The van der Waals surface area contributed by atoms with E-state index < -0.39 is 0 Å². The number of benzene rings is 2. The van der Waals surface area contributed by atoms with Crippen molar-refractivity contribution in [3.05, 3.63) is 59.7 Å². The molecule has 0 radical (unpaired) electrons. The zero-order valence-corrected chi connectivity index (χ0v) is 12.1. The van der Waals surface area contributed by atoms with Crippen LogP contribution in [0.1, 0.15) is 33.4 Å². The minimum Gasteiger partial charge on any atom is -0.458 e. The van der Waals surface area contributed by atoms with Crippen molar-refractivity contribution in [3.63, 3.8) is 0 Å². The van der Waals surface area contributed by atoms with Crippen molar-refractivity contribution in [2.75, 3.05) is 6.79 Å². The van der Waals surface area contributed by atoms with E-state index >= 15 is 0 Å². The van der Waals surface area contributed by atoms with Crippen LogP contribution >= 0.6 is 0 Å². The van der Waals surface area contributed by atoms with Crippen molar-refractivity contribution in [1.82, 2.24) is 0 Å². The normalized spacial score (nSPS) is 10.6. The van der Waals surface area contributed by atoms with Gasteiger partial charge in [0.25, 0.3) is 0 Å². The van der Waals surface area contributed by atoms with Gasteiger partial charge in [-0.2, -0.15) is 0 Å². The summed E-state index contributed by atoms with van der Waals surface area (Å²) in [6.07, 6.45) is 0. The van der Waals surface area contributed by atoms with E-state index in [0.29, 0.717) is 22.6 Å². The van der Waals surface area contributed by atoms with Gasteiger partial charge in [0.15, 0.2) is 11.7 Å². The summed E-state index contributed by atoms with van der Waals surface area (Å²) in [5.74, 6) is 1.21. The highest BCUT2D eigenvalue weighted by molar-refractivity contribution is 5.97. The van der Waals surface area contributed by atoms with Crippen LogP contribution in [0.4, 0.5) is 0 Å². The van der Waals surface area contributed by atoms with Gasteiger partial charge in [-0.1, -0.05) is 32.6 Å². The van der Waals surface area contributed by atoms with E-state index in [1.54, 1.807) is 48.5 Å². The summed E-state index contributed by atoms with van der Waals surface area (Å²) in [6.45, 7) is 0.00579. The Morgan fingerprint density at radius 3 is 1.27 bits per heavy atom. The Morgan fingerprint density at radius 1 is 0.692 bits per heavy atom. The fourth-order valence-electron chi connectivity index (χ4n) is 1.72. The molecule has 0 fully saturated rings. The number of amidine groups is 2. The molecular weight excluding hydrogens is 336 g/mol. The second-order valence-corrected chi connectivity index (χ2v) is 4.43.